The van der Waals surface area contributed by atoms with E-state index >= 15 is 0 Å². The van der Waals surface area contributed by atoms with Crippen LogP contribution in [-0.2, 0) is 21.1 Å². The molecule has 1 aromatic rings. The van der Waals surface area contributed by atoms with Crippen molar-refractivity contribution in [3.05, 3.63) is 23.8 Å². The third-order valence-corrected chi connectivity index (χ3v) is 3.08. The van der Waals surface area contributed by atoms with Crippen molar-refractivity contribution in [2.75, 3.05) is 12.9 Å². The molecule has 0 heterocycles. The SMILES string of the molecule is CS(=O)(=O)c1ccc(CCON)c(O)c1. The highest BCUT2D eigenvalue weighted by Crippen LogP contribution is 2.22. The van der Waals surface area contributed by atoms with Gasteiger partial charge in [-0.1, -0.05) is 6.07 Å². The maximum Gasteiger partial charge on any atom is 0.175 e. The zero-order valence-corrected chi connectivity index (χ0v) is 9.12. The van der Waals surface area contributed by atoms with E-state index in [1.165, 1.54) is 12.1 Å². The van der Waals surface area contributed by atoms with E-state index in [1.807, 2.05) is 0 Å². The number of aromatic hydroxyl groups is 1. The lowest BCUT2D eigenvalue weighted by atomic mass is 10.1. The first-order valence-corrected chi connectivity index (χ1v) is 6.18. The minimum atomic E-state index is -3.28. The second-order valence-electron chi connectivity index (χ2n) is 3.18. The molecular formula is C9H13NO4S. The lowest BCUT2D eigenvalue weighted by molar-refractivity contribution is 0.140. The Bertz CT molecular complexity index is 441. The third-order valence-electron chi connectivity index (χ3n) is 1.97. The van der Waals surface area contributed by atoms with Crippen molar-refractivity contribution in [3.63, 3.8) is 0 Å². The molecule has 0 fully saturated rings. The van der Waals surface area contributed by atoms with Crippen molar-refractivity contribution in [1.29, 1.82) is 0 Å². The van der Waals surface area contributed by atoms with E-state index in [0.29, 0.717) is 12.0 Å². The summed E-state index contributed by atoms with van der Waals surface area (Å²) < 4.78 is 22.3. The number of phenols is 1. The summed E-state index contributed by atoms with van der Waals surface area (Å²) in [6.07, 6.45) is 1.52. The maximum absolute atomic E-state index is 11.2. The number of hydrogen-bond acceptors (Lipinski definition) is 5. The molecule has 0 unspecified atom stereocenters. The molecule has 5 nitrogen and oxygen atoms in total. The Morgan fingerprint density at radius 3 is 2.60 bits per heavy atom. The first-order valence-electron chi connectivity index (χ1n) is 4.29. The first kappa shape index (κ1) is 12.0. The van der Waals surface area contributed by atoms with Crippen LogP contribution < -0.4 is 5.90 Å². The number of nitrogens with two attached hydrogens (primary N) is 1. The number of sulfone groups is 1. The predicted octanol–water partition coefficient (Wildman–Crippen LogP) is 0.229. The molecule has 0 saturated heterocycles. The molecular weight excluding hydrogens is 218 g/mol. The molecule has 1 rings (SSSR count). The fourth-order valence-electron chi connectivity index (χ4n) is 1.15. The summed E-state index contributed by atoms with van der Waals surface area (Å²) in [5, 5.41) is 9.52. The standard InChI is InChI=1S/C9H13NO4S/c1-15(12,13)8-3-2-7(4-5-14-10)9(11)6-8/h2-3,6,11H,4-5,10H2,1H3. The van der Waals surface area contributed by atoms with Crippen LogP contribution in [0.25, 0.3) is 0 Å². The van der Waals surface area contributed by atoms with E-state index in [1.54, 1.807) is 6.07 Å². The molecule has 15 heavy (non-hydrogen) atoms. The molecule has 6 heteroatoms. The van der Waals surface area contributed by atoms with Crippen LogP contribution in [-0.4, -0.2) is 26.4 Å². The molecule has 0 aliphatic rings. The molecule has 0 aromatic heterocycles. The van der Waals surface area contributed by atoms with Gasteiger partial charge in [-0.15, -0.1) is 0 Å². The molecule has 0 spiro atoms. The van der Waals surface area contributed by atoms with Gasteiger partial charge in [0.1, 0.15) is 5.75 Å². The Kier molecular flexibility index (Phi) is 3.67. The first-order chi connectivity index (χ1) is 6.95. The normalized spacial score (nSPS) is 11.6. The Hall–Kier alpha value is -1.11. The van der Waals surface area contributed by atoms with E-state index in [2.05, 4.69) is 4.84 Å². The van der Waals surface area contributed by atoms with Gasteiger partial charge in [-0.25, -0.2) is 14.3 Å². The van der Waals surface area contributed by atoms with E-state index in [9.17, 15) is 13.5 Å². The molecule has 0 aliphatic carbocycles. The second kappa shape index (κ2) is 4.61. The van der Waals surface area contributed by atoms with Crippen LogP contribution in [0.15, 0.2) is 23.1 Å². The maximum atomic E-state index is 11.2. The second-order valence-corrected chi connectivity index (χ2v) is 5.20. The molecule has 0 atom stereocenters. The van der Waals surface area contributed by atoms with E-state index in [0.717, 1.165) is 6.26 Å². The number of hydrogen-bond donors (Lipinski definition) is 2. The fraction of sp³-hybridized carbons (Fsp3) is 0.333. The lowest BCUT2D eigenvalue weighted by Gasteiger charge is -2.05. The summed E-state index contributed by atoms with van der Waals surface area (Å²) in [6.45, 7) is 0.270. The fourth-order valence-corrected chi connectivity index (χ4v) is 1.80. The Labute approximate surface area is 88.4 Å². The monoisotopic (exact) mass is 231 g/mol. The molecule has 0 radical (unpaired) electrons. The summed E-state index contributed by atoms with van der Waals surface area (Å²) in [5.41, 5.74) is 0.604. The summed E-state index contributed by atoms with van der Waals surface area (Å²) in [4.78, 5) is 4.46. The molecule has 3 N–H and O–H groups in total. The molecule has 0 aliphatic heterocycles. The van der Waals surface area contributed by atoms with Crippen molar-refractivity contribution >= 4 is 9.84 Å². The van der Waals surface area contributed by atoms with Crippen LogP contribution in [0.5, 0.6) is 5.75 Å². The Balaban J connectivity index is 2.99. The van der Waals surface area contributed by atoms with Gasteiger partial charge < -0.3 is 9.94 Å². The highest BCUT2D eigenvalue weighted by Gasteiger charge is 2.10. The Morgan fingerprint density at radius 1 is 1.47 bits per heavy atom. The largest absolute Gasteiger partial charge is 0.508 e. The van der Waals surface area contributed by atoms with Gasteiger partial charge in [0.15, 0.2) is 9.84 Å². The van der Waals surface area contributed by atoms with Gasteiger partial charge in [0.05, 0.1) is 11.5 Å². The van der Waals surface area contributed by atoms with Crippen molar-refractivity contribution in [2.24, 2.45) is 5.90 Å². The Morgan fingerprint density at radius 2 is 2.13 bits per heavy atom. The van der Waals surface area contributed by atoms with Gasteiger partial charge >= 0.3 is 0 Å². The molecule has 0 amide bonds. The number of benzene rings is 1. The molecule has 0 bridgehead atoms. The van der Waals surface area contributed by atoms with Crippen LogP contribution in [0, 0.1) is 0 Å². The highest BCUT2D eigenvalue weighted by molar-refractivity contribution is 7.90. The van der Waals surface area contributed by atoms with Crippen molar-refractivity contribution < 1.29 is 18.4 Å². The van der Waals surface area contributed by atoms with Gasteiger partial charge in [0.25, 0.3) is 0 Å². The van der Waals surface area contributed by atoms with Gasteiger partial charge in [-0.05, 0) is 17.7 Å². The average Bonchev–Trinajstić information content (AvgIpc) is 2.14. The van der Waals surface area contributed by atoms with E-state index < -0.39 is 9.84 Å². The minimum Gasteiger partial charge on any atom is -0.508 e. The van der Waals surface area contributed by atoms with Crippen LogP contribution in [0.4, 0.5) is 0 Å². The van der Waals surface area contributed by atoms with Crippen LogP contribution in [0.1, 0.15) is 5.56 Å². The molecule has 0 saturated carbocycles. The van der Waals surface area contributed by atoms with Gasteiger partial charge in [0.2, 0.25) is 0 Å². The topological polar surface area (TPSA) is 89.6 Å². The lowest BCUT2D eigenvalue weighted by Crippen LogP contribution is -2.04. The van der Waals surface area contributed by atoms with E-state index in [-0.39, 0.29) is 17.3 Å². The third kappa shape index (κ3) is 3.19. The van der Waals surface area contributed by atoms with Crippen molar-refractivity contribution in [3.8, 4) is 5.75 Å². The average molecular weight is 231 g/mol. The van der Waals surface area contributed by atoms with Gasteiger partial charge in [0, 0.05) is 12.7 Å². The summed E-state index contributed by atoms with van der Waals surface area (Å²) in [6, 6.07) is 4.22. The summed E-state index contributed by atoms with van der Waals surface area (Å²) in [5.74, 6) is 4.79. The van der Waals surface area contributed by atoms with E-state index in [4.69, 9.17) is 5.90 Å². The predicted molar refractivity (Wildman–Crippen MR) is 55.1 cm³/mol. The van der Waals surface area contributed by atoms with Crippen molar-refractivity contribution in [1.82, 2.24) is 0 Å². The summed E-state index contributed by atoms with van der Waals surface area (Å²) >= 11 is 0. The van der Waals surface area contributed by atoms with Gasteiger partial charge in [-0.3, -0.25) is 0 Å². The zero-order chi connectivity index (χ0) is 11.5. The minimum absolute atomic E-state index is 0.0602. The van der Waals surface area contributed by atoms with Crippen molar-refractivity contribution in [2.45, 2.75) is 11.3 Å². The van der Waals surface area contributed by atoms with Crippen LogP contribution >= 0.6 is 0 Å². The number of rotatable bonds is 4. The zero-order valence-electron chi connectivity index (χ0n) is 8.30. The van der Waals surface area contributed by atoms with Crippen LogP contribution in [0.2, 0.25) is 0 Å². The summed E-state index contributed by atoms with van der Waals surface area (Å²) in [7, 11) is -3.28. The smallest absolute Gasteiger partial charge is 0.175 e. The van der Waals surface area contributed by atoms with Gasteiger partial charge in [-0.2, -0.15) is 0 Å². The molecule has 1 aromatic carbocycles. The quantitative estimate of drug-likeness (QED) is 0.724. The highest BCUT2D eigenvalue weighted by atomic mass is 32.2. The van der Waals surface area contributed by atoms with Crippen LogP contribution in [0.3, 0.4) is 0 Å². The number of phenolic OH excluding ortho intramolecular Hbond substituents is 1. The molecule has 84 valence electrons.